The summed E-state index contributed by atoms with van der Waals surface area (Å²) < 4.78 is 61.9. The van der Waals surface area contributed by atoms with Gasteiger partial charge < -0.3 is 10.1 Å². The number of ether oxygens (including phenoxy) is 1. The molecule has 1 aliphatic heterocycles. The predicted molar refractivity (Wildman–Crippen MR) is 210 cm³/mol. The fourth-order valence-electron chi connectivity index (χ4n) is 6.67. The number of thiocarbonyl (C=S) groups is 1. The third-order valence-corrected chi connectivity index (χ3v) is 9.84. The molecule has 1 amide bonds. The van der Waals surface area contributed by atoms with Gasteiger partial charge in [-0.3, -0.25) is 9.59 Å². The van der Waals surface area contributed by atoms with Crippen LogP contribution >= 0.6 is 12.2 Å². The highest BCUT2D eigenvalue weighted by Gasteiger charge is 2.45. The highest BCUT2D eigenvalue weighted by atomic mass is 32.1. The molecule has 1 aliphatic carbocycles. The van der Waals surface area contributed by atoms with Gasteiger partial charge in [-0.05, 0) is 105 Å². The fraction of sp³-hybridized carbons (Fsp3) is 0.295. The van der Waals surface area contributed by atoms with E-state index in [1.807, 2.05) is 19.9 Å². The Kier molecular flexibility index (Phi) is 13.5. The molecule has 10 heteroatoms. The van der Waals surface area contributed by atoms with Gasteiger partial charge >= 0.3 is 6.18 Å². The third kappa shape index (κ3) is 9.04. The van der Waals surface area contributed by atoms with Crippen molar-refractivity contribution in [3.05, 3.63) is 136 Å². The van der Waals surface area contributed by atoms with Crippen LogP contribution in [-0.4, -0.2) is 23.2 Å². The van der Waals surface area contributed by atoms with Crippen molar-refractivity contribution in [3.8, 4) is 11.8 Å². The number of hydrogen-bond donors (Lipinski definition) is 1. The molecular weight excluding hydrogens is 713 g/mol. The number of amides is 1. The maximum Gasteiger partial charge on any atom is 0.420 e. The number of allylic oxidation sites excluding steroid dienone is 8. The molecule has 280 valence electrons. The highest BCUT2D eigenvalue weighted by Crippen LogP contribution is 2.52. The van der Waals surface area contributed by atoms with Crippen LogP contribution in [0.25, 0.3) is 17.3 Å². The van der Waals surface area contributed by atoms with Crippen molar-refractivity contribution >= 4 is 46.1 Å². The van der Waals surface area contributed by atoms with Gasteiger partial charge in [0.05, 0.1) is 29.4 Å². The Morgan fingerprint density at radius 1 is 1.19 bits per heavy atom. The second-order valence-corrected chi connectivity index (χ2v) is 13.7. The van der Waals surface area contributed by atoms with Crippen LogP contribution in [0.5, 0.6) is 5.75 Å². The summed E-state index contributed by atoms with van der Waals surface area (Å²) in [7, 11) is 0. The van der Waals surface area contributed by atoms with Gasteiger partial charge in [-0.2, -0.15) is 18.4 Å². The second-order valence-electron chi connectivity index (χ2n) is 13.2. The summed E-state index contributed by atoms with van der Waals surface area (Å²) in [5, 5.41) is 12.1. The zero-order valence-corrected chi connectivity index (χ0v) is 31.6. The monoisotopic (exact) mass is 754 g/mol. The first-order valence-electron chi connectivity index (χ1n) is 17.6. The van der Waals surface area contributed by atoms with Gasteiger partial charge in [0.2, 0.25) is 0 Å². The maximum atomic E-state index is 15.1. The quantitative estimate of drug-likeness (QED) is 0.0683. The highest BCUT2D eigenvalue weighted by molar-refractivity contribution is 7.81. The fourth-order valence-corrected chi connectivity index (χ4v) is 6.86. The van der Waals surface area contributed by atoms with Crippen molar-refractivity contribution in [3.63, 3.8) is 0 Å². The van der Waals surface area contributed by atoms with Gasteiger partial charge in [0, 0.05) is 21.6 Å². The van der Waals surface area contributed by atoms with Gasteiger partial charge in [-0.1, -0.05) is 86.8 Å². The molecule has 0 bridgehead atoms. The lowest BCUT2D eigenvalue weighted by Gasteiger charge is -2.42. The molecule has 0 radical (unpaired) electrons. The summed E-state index contributed by atoms with van der Waals surface area (Å²) in [5.74, 6) is -1.59. The summed E-state index contributed by atoms with van der Waals surface area (Å²) in [5.41, 5.74) is 4.33. The molecule has 1 heterocycles. The van der Waals surface area contributed by atoms with Crippen molar-refractivity contribution in [1.29, 1.82) is 5.26 Å². The molecule has 0 atom stereocenters. The Bertz CT molecular complexity index is 2130. The van der Waals surface area contributed by atoms with E-state index < -0.39 is 34.1 Å². The summed E-state index contributed by atoms with van der Waals surface area (Å²) in [4.78, 5) is 27.4. The number of Topliss-reactive ketones (excluding diaryl/α,β-unsaturated/α-hetero) is 1. The Morgan fingerprint density at radius 3 is 2.48 bits per heavy atom. The lowest BCUT2D eigenvalue weighted by molar-refractivity contribution is -0.140. The van der Waals surface area contributed by atoms with E-state index >= 15 is 4.39 Å². The van der Waals surface area contributed by atoms with Crippen LogP contribution in [0, 0.1) is 22.6 Å². The SMILES string of the molecule is C=C/C(C)=C1C(=O)NC(c2cc(/C(=C/C(=S)/C=C/c3ccc(C#N)c(C(F)(F)F)c3F)C3(C(C)=O)CCC3)ccc2OCC)=C=C\C=C/1CC(=C)CCC. The molecule has 5 nitrogen and oxygen atoms in total. The minimum Gasteiger partial charge on any atom is -0.493 e. The van der Waals surface area contributed by atoms with Crippen molar-refractivity contribution in [2.24, 2.45) is 5.41 Å². The number of rotatable bonds is 14. The lowest BCUT2D eigenvalue weighted by atomic mass is 9.60. The van der Waals surface area contributed by atoms with Gasteiger partial charge in [0.15, 0.2) is 0 Å². The number of carbonyl (C=O) groups excluding carboxylic acids is 2. The minimum absolute atomic E-state index is 0.0921. The van der Waals surface area contributed by atoms with Crippen LogP contribution < -0.4 is 10.1 Å². The summed E-state index contributed by atoms with van der Waals surface area (Å²) in [6, 6.07) is 8.68. The molecule has 0 unspecified atom stereocenters. The zero-order chi connectivity index (χ0) is 39.8. The van der Waals surface area contributed by atoms with Crippen LogP contribution in [0.3, 0.4) is 0 Å². The molecule has 1 N–H and O–H groups in total. The molecule has 2 aromatic carbocycles. The van der Waals surface area contributed by atoms with E-state index in [0.29, 0.717) is 65.2 Å². The smallest absolute Gasteiger partial charge is 0.420 e. The Balaban J connectivity index is 1.87. The lowest BCUT2D eigenvalue weighted by Crippen LogP contribution is -2.38. The van der Waals surface area contributed by atoms with Crippen molar-refractivity contribution < 1.29 is 31.9 Å². The van der Waals surface area contributed by atoms with Gasteiger partial charge in [-0.25, -0.2) is 4.39 Å². The van der Waals surface area contributed by atoms with E-state index in [0.717, 1.165) is 48.6 Å². The van der Waals surface area contributed by atoms with Crippen molar-refractivity contribution in [2.75, 3.05) is 6.61 Å². The predicted octanol–water partition coefficient (Wildman–Crippen LogP) is 11.1. The molecule has 0 aromatic heterocycles. The number of carbonyl (C=O) groups is 2. The molecule has 54 heavy (non-hydrogen) atoms. The summed E-state index contributed by atoms with van der Waals surface area (Å²) >= 11 is 5.63. The molecule has 1 fully saturated rings. The Morgan fingerprint density at radius 2 is 1.91 bits per heavy atom. The van der Waals surface area contributed by atoms with Crippen molar-refractivity contribution in [1.82, 2.24) is 5.32 Å². The van der Waals surface area contributed by atoms with E-state index in [-0.39, 0.29) is 16.6 Å². The van der Waals surface area contributed by atoms with E-state index in [2.05, 4.69) is 31.1 Å². The van der Waals surface area contributed by atoms with E-state index in [1.165, 1.54) is 19.1 Å². The molecule has 2 aliphatic rings. The van der Waals surface area contributed by atoms with Gasteiger partial charge in [-0.15, -0.1) is 0 Å². The van der Waals surface area contributed by atoms with Crippen molar-refractivity contribution in [2.45, 2.75) is 72.4 Å². The number of halogens is 4. The van der Waals surface area contributed by atoms with E-state index in [4.69, 9.17) is 22.2 Å². The van der Waals surface area contributed by atoms with Gasteiger partial charge in [0.1, 0.15) is 22.9 Å². The molecule has 4 rings (SSSR count). The van der Waals surface area contributed by atoms with E-state index in [1.54, 1.807) is 36.4 Å². The first-order chi connectivity index (χ1) is 25.6. The largest absolute Gasteiger partial charge is 0.493 e. The minimum atomic E-state index is -5.08. The Labute approximate surface area is 319 Å². The second kappa shape index (κ2) is 17.6. The number of alkyl halides is 3. The zero-order valence-electron chi connectivity index (χ0n) is 30.8. The van der Waals surface area contributed by atoms with Crippen LogP contribution in [0.2, 0.25) is 0 Å². The number of nitrogens with one attached hydrogen (secondary N) is 1. The number of nitriles is 1. The van der Waals surface area contributed by atoms with Crippen LogP contribution in [0.15, 0.2) is 102 Å². The number of ketones is 1. The number of benzene rings is 2. The Hall–Kier alpha value is -5.36. The average Bonchev–Trinajstić information content (AvgIpc) is 3.08. The van der Waals surface area contributed by atoms with Crippen LogP contribution in [-0.2, 0) is 15.8 Å². The average molecular weight is 755 g/mol. The van der Waals surface area contributed by atoms with Gasteiger partial charge in [0.25, 0.3) is 5.91 Å². The molecule has 0 spiro atoms. The standard InChI is InChI=1S/C44H42F4N2O3S/c1-7-12-27(4)23-32-13-10-14-37(50-42(52)39(32)28(5)8-2)35-24-31(18-20-38(35)53-9-3)36(43(29(6)51)21-11-22-43)25-34(54)19-17-30-15-16-33(26-49)40(41(30)45)44(46,47)48/h8,10,13,15-20,24-25H,2,4,7,9,11-12,21-23H2,1,3,5-6H3,(H,50,52)/b19-17+,32-13-,36-25-,39-28+. The maximum absolute atomic E-state index is 15.1. The number of hydrogen-bond acceptors (Lipinski definition) is 5. The summed E-state index contributed by atoms with van der Waals surface area (Å²) in [6.45, 7) is 15.6. The first-order valence-corrected chi connectivity index (χ1v) is 18.0. The number of nitrogens with zero attached hydrogens (tertiary/aromatic N) is 1. The third-order valence-electron chi connectivity index (χ3n) is 9.59. The molecule has 1 saturated carbocycles. The first kappa shape index (κ1) is 41.4. The molecule has 0 saturated heterocycles. The normalized spacial score (nSPS) is 17.5. The van der Waals surface area contributed by atoms with Crippen LogP contribution in [0.1, 0.15) is 94.0 Å². The van der Waals surface area contributed by atoms with E-state index in [9.17, 15) is 22.8 Å². The van der Waals surface area contributed by atoms with Crippen LogP contribution in [0.4, 0.5) is 17.6 Å². The topological polar surface area (TPSA) is 79.2 Å². The molecular formula is C44H42F4N2O3S. The molecule has 2 aromatic rings. The summed E-state index contributed by atoms with van der Waals surface area (Å²) in [6.07, 6.45) is 8.22.